The molecule has 0 aliphatic carbocycles. The quantitative estimate of drug-likeness (QED) is 0.631. The fourth-order valence-corrected chi connectivity index (χ4v) is 2.98. The van der Waals surface area contributed by atoms with Gasteiger partial charge in [-0.1, -0.05) is 36.4 Å². The summed E-state index contributed by atoms with van der Waals surface area (Å²) in [6.45, 7) is -0.265. The first-order valence-corrected chi connectivity index (χ1v) is 9.12. The Kier molecular flexibility index (Phi) is 6.89. The van der Waals surface area contributed by atoms with Crippen LogP contribution in [0.5, 0.6) is 0 Å². The molecule has 3 atom stereocenters. The van der Waals surface area contributed by atoms with Crippen molar-refractivity contribution in [3.63, 3.8) is 0 Å². The first kappa shape index (κ1) is 19.7. The summed E-state index contributed by atoms with van der Waals surface area (Å²) in [4.78, 5) is 28.4. The number of carbonyl (C=O) groups excluding carboxylic acids is 2. The SMILES string of the molecule is O=C(C[C@H]1C=C[C@@H](NC(=O)Cc2cccnc2)[C@@H](CO)O1)Nc1ccccc1. The number of para-hydroxylation sites is 1. The number of rotatable bonds is 7. The van der Waals surface area contributed by atoms with Gasteiger partial charge in [-0.25, -0.2) is 0 Å². The number of ether oxygens (including phenoxy) is 1. The van der Waals surface area contributed by atoms with Crippen LogP contribution in [0.15, 0.2) is 67.0 Å². The average Bonchev–Trinajstić information content (AvgIpc) is 2.70. The molecule has 0 radical (unpaired) electrons. The lowest BCUT2D eigenvalue weighted by atomic mass is 10.0. The lowest BCUT2D eigenvalue weighted by Crippen LogP contribution is -2.49. The van der Waals surface area contributed by atoms with Gasteiger partial charge in [-0.2, -0.15) is 0 Å². The first-order valence-electron chi connectivity index (χ1n) is 9.12. The number of aromatic nitrogens is 1. The molecule has 1 aromatic heterocycles. The van der Waals surface area contributed by atoms with Gasteiger partial charge >= 0.3 is 0 Å². The van der Waals surface area contributed by atoms with Crippen LogP contribution in [0, 0.1) is 0 Å². The molecule has 0 saturated carbocycles. The number of carbonyl (C=O) groups is 2. The van der Waals surface area contributed by atoms with Gasteiger partial charge in [0, 0.05) is 18.1 Å². The number of nitrogens with zero attached hydrogens (tertiary/aromatic N) is 1. The van der Waals surface area contributed by atoms with E-state index in [4.69, 9.17) is 4.74 Å². The minimum Gasteiger partial charge on any atom is -0.394 e. The predicted molar refractivity (Wildman–Crippen MR) is 104 cm³/mol. The van der Waals surface area contributed by atoms with Crippen LogP contribution in [-0.4, -0.2) is 46.8 Å². The number of aliphatic hydroxyl groups excluding tert-OH is 1. The number of anilines is 1. The van der Waals surface area contributed by atoms with Gasteiger partial charge in [-0.05, 0) is 23.8 Å². The maximum Gasteiger partial charge on any atom is 0.227 e. The van der Waals surface area contributed by atoms with Crippen LogP contribution in [0.3, 0.4) is 0 Å². The van der Waals surface area contributed by atoms with E-state index in [1.807, 2.05) is 24.3 Å². The van der Waals surface area contributed by atoms with Crippen LogP contribution in [0.1, 0.15) is 12.0 Å². The smallest absolute Gasteiger partial charge is 0.227 e. The first-order chi connectivity index (χ1) is 13.6. The summed E-state index contributed by atoms with van der Waals surface area (Å²) in [5.74, 6) is -0.374. The fraction of sp³-hybridized carbons (Fsp3) is 0.286. The van der Waals surface area contributed by atoms with Crippen molar-refractivity contribution in [2.45, 2.75) is 31.1 Å². The molecule has 7 nitrogen and oxygen atoms in total. The topological polar surface area (TPSA) is 101 Å². The second-order valence-corrected chi connectivity index (χ2v) is 6.53. The average molecular weight is 381 g/mol. The molecule has 0 saturated heterocycles. The zero-order valence-corrected chi connectivity index (χ0v) is 15.3. The summed E-state index contributed by atoms with van der Waals surface area (Å²) < 4.78 is 5.78. The van der Waals surface area contributed by atoms with E-state index in [0.717, 1.165) is 5.56 Å². The minimum absolute atomic E-state index is 0.123. The van der Waals surface area contributed by atoms with Gasteiger partial charge in [0.15, 0.2) is 0 Å². The van der Waals surface area contributed by atoms with E-state index in [-0.39, 0.29) is 31.3 Å². The maximum absolute atomic E-state index is 12.2. The zero-order chi connectivity index (χ0) is 19.8. The second kappa shape index (κ2) is 9.77. The van der Waals surface area contributed by atoms with Gasteiger partial charge in [0.05, 0.1) is 31.6 Å². The Bertz CT molecular complexity index is 811. The monoisotopic (exact) mass is 381 g/mol. The summed E-state index contributed by atoms with van der Waals surface area (Å²) in [7, 11) is 0. The molecule has 3 N–H and O–H groups in total. The zero-order valence-electron chi connectivity index (χ0n) is 15.3. The largest absolute Gasteiger partial charge is 0.394 e. The van der Waals surface area contributed by atoms with E-state index in [1.165, 1.54) is 0 Å². The second-order valence-electron chi connectivity index (χ2n) is 6.53. The highest BCUT2D eigenvalue weighted by Crippen LogP contribution is 2.17. The molecule has 0 bridgehead atoms. The van der Waals surface area contributed by atoms with E-state index in [9.17, 15) is 14.7 Å². The van der Waals surface area contributed by atoms with E-state index in [1.54, 1.807) is 42.7 Å². The van der Waals surface area contributed by atoms with Gasteiger partial charge in [0.25, 0.3) is 0 Å². The van der Waals surface area contributed by atoms with Crippen LogP contribution in [0.2, 0.25) is 0 Å². The highest BCUT2D eigenvalue weighted by Gasteiger charge is 2.29. The Hall–Kier alpha value is -3.03. The molecule has 0 fully saturated rings. The molecule has 0 unspecified atom stereocenters. The number of benzene rings is 1. The molecule has 1 aromatic carbocycles. The van der Waals surface area contributed by atoms with Crippen molar-refractivity contribution < 1.29 is 19.4 Å². The Balaban J connectivity index is 1.53. The molecule has 3 rings (SSSR count). The van der Waals surface area contributed by atoms with Gasteiger partial charge in [-0.3, -0.25) is 14.6 Å². The van der Waals surface area contributed by atoms with Crippen molar-refractivity contribution in [2.24, 2.45) is 0 Å². The number of hydrogen-bond acceptors (Lipinski definition) is 5. The molecule has 1 aliphatic rings. The van der Waals surface area contributed by atoms with Crippen LogP contribution < -0.4 is 10.6 Å². The van der Waals surface area contributed by atoms with Crippen molar-refractivity contribution in [1.29, 1.82) is 0 Å². The van der Waals surface area contributed by atoms with E-state index in [0.29, 0.717) is 5.69 Å². The molecule has 2 amide bonds. The summed E-state index contributed by atoms with van der Waals surface area (Å²) in [5, 5.41) is 15.3. The number of amides is 2. The molecule has 146 valence electrons. The van der Waals surface area contributed by atoms with Gasteiger partial charge < -0.3 is 20.5 Å². The van der Waals surface area contributed by atoms with E-state index < -0.39 is 18.2 Å². The molecule has 0 spiro atoms. The number of hydrogen-bond donors (Lipinski definition) is 3. The molecule has 28 heavy (non-hydrogen) atoms. The Morgan fingerprint density at radius 3 is 2.61 bits per heavy atom. The van der Waals surface area contributed by atoms with Crippen LogP contribution in [0.4, 0.5) is 5.69 Å². The Labute approximate surface area is 163 Å². The Morgan fingerprint density at radius 2 is 1.89 bits per heavy atom. The van der Waals surface area contributed by atoms with Crippen LogP contribution >= 0.6 is 0 Å². The molecule has 1 aliphatic heterocycles. The number of aliphatic hydroxyl groups is 1. The fourth-order valence-electron chi connectivity index (χ4n) is 2.98. The third-order valence-electron chi connectivity index (χ3n) is 4.32. The van der Waals surface area contributed by atoms with Gasteiger partial charge in [0.1, 0.15) is 6.10 Å². The summed E-state index contributed by atoms with van der Waals surface area (Å²) >= 11 is 0. The van der Waals surface area contributed by atoms with Crippen molar-refractivity contribution in [3.05, 3.63) is 72.6 Å². The van der Waals surface area contributed by atoms with Crippen LogP contribution in [-0.2, 0) is 20.7 Å². The van der Waals surface area contributed by atoms with Crippen molar-refractivity contribution in [1.82, 2.24) is 10.3 Å². The highest BCUT2D eigenvalue weighted by atomic mass is 16.5. The number of pyridine rings is 1. The molecule has 2 aromatic rings. The molecule has 2 heterocycles. The minimum atomic E-state index is -0.614. The predicted octanol–water partition coefficient (Wildman–Crippen LogP) is 1.45. The lowest BCUT2D eigenvalue weighted by molar-refractivity contribution is -0.125. The van der Waals surface area contributed by atoms with E-state index in [2.05, 4.69) is 15.6 Å². The summed E-state index contributed by atoms with van der Waals surface area (Å²) in [6.07, 6.45) is 6.03. The van der Waals surface area contributed by atoms with Crippen molar-refractivity contribution in [2.75, 3.05) is 11.9 Å². The summed E-state index contributed by atoms with van der Waals surface area (Å²) in [5.41, 5.74) is 1.52. The standard InChI is InChI=1S/C21H23N3O4/c25-14-19-18(24-20(26)11-15-5-4-10-22-13-15)9-8-17(28-19)12-21(27)23-16-6-2-1-3-7-16/h1-10,13,17-19,25H,11-12,14H2,(H,23,27)(H,24,26)/t17-,18-,19-/m1/s1. The Morgan fingerprint density at radius 1 is 1.07 bits per heavy atom. The highest BCUT2D eigenvalue weighted by molar-refractivity contribution is 5.91. The third kappa shape index (κ3) is 5.73. The molecular formula is C21H23N3O4. The third-order valence-corrected chi connectivity index (χ3v) is 4.32. The molecule has 7 heteroatoms. The summed E-state index contributed by atoms with van der Waals surface area (Å²) in [6, 6.07) is 12.3. The van der Waals surface area contributed by atoms with Crippen LogP contribution in [0.25, 0.3) is 0 Å². The van der Waals surface area contributed by atoms with Gasteiger partial charge in [-0.15, -0.1) is 0 Å². The van der Waals surface area contributed by atoms with Gasteiger partial charge in [0.2, 0.25) is 11.8 Å². The van der Waals surface area contributed by atoms with Crippen molar-refractivity contribution in [3.8, 4) is 0 Å². The van der Waals surface area contributed by atoms with E-state index >= 15 is 0 Å². The maximum atomic E-state index is 12.2. The van der Waals surface area contributed by atoms with Crippen molar-refractivity contribution >= 4 is 17.5 Å². The lowest BCUT2D eigenvalue weighted by Gasteiger charge is -2.31. The normalized spacial score (nSPS) is 21.1. The number of nitrogens with one attached hydrogen (secondary N) is 2. The molecular weight excluding hydrogens is 358 g/mol.